The second kappa shape index (κ2) is 6.48. The molecule has 1 rings (SSSR count). The molecule has 2 N–H and O–H groups in total. The third-order valence-electron chi connectivity index (χ3n) is 2.52. The van der Waals surface area contributed by atoms with Gasteiger partial charge in [0, 0.05) is 17.7 Å². The summed E-state index contributed by atoms with van der Waals surface area (Å²) < 4.78 is 0. The number of non-ortho nitro benzene ring substituents is 1. The molecule has 19 heavy (non-hydrogen) atoms. The first-order chi connectivity index (χ1) is 8.95. The normalized spacial score (nSPS) is 11.6. The van der Waals surface area contributed by atoms with Crippen molar-refractivity contribution in [2.45, 2.75) is 25.8 Å². The first-order valence-electron chi connectivity index (χ1n) is 5.73. The van der Waals surface area contributed by atoms with E-state index in [1.165, 1.54) is 24.3 Å². The SMILES string of the molecule is CCCC(NC(=O)c1ccc([N+](=O)[O-])cc1)C(=O)O. The molecule has 0 saturated heterocycles. The van der Waals surface area contributed by atoms with Crippen LogP contribution < -0.4 is 5.32 Å². The van der Waals surface area contributed by atoms with Crippen molar-refractivity contribution in [3.05, 3.63) is 39.9 Å². The fourth-order valence-electron chi connectivity index (χ4n) is 1.52. The maximum Gasteiger partial charge on any atom is 0.326 e. The molecule has 0 spiro atoms. The van der Waals surface area contributed by atoms with Gasteiger partial charge in [0.15, 0.2) is 0 Å². The van der Waals surface area contributed by atoms with Crippen LogP contribution in [-0.4, -0.2) is 27.9 Å². The van der Waals surface area contributed by atoms with E-state index in [1.54, 1.807) is 0 Å². The van der Waals surface area contributed by atoms with E-state index in [1.807, 2.05) is 6.92 Å². The van der Waals surface area contributed by atoms with Crippen LogP contribution in [0.1, 0.15) is 30.1 Å². The van der Waals surface area contributed by atoms with Crippen molar-refractivity contribution in [1.82, 2.24) is 5.32 Å². The first-order valence-corrected chi connectivity index (χ1v) is 5.73. The molecule has 0 heterocycles. The number of nitrogens with zero attached hydrogens (tertiary/aromatic N) is 1. The quantitative estimate of drug-likeness (QED) is 0.600. The van der Waals surface area contributed by atoms with Gasteiger partial charge in [-0.1, -0.05) is 13.3 Å². The Kier molecular flexibility index (Phi) is 4.99. The lowest BCUT2D eigenvalue weighted by molar-refractivity contribution is -0.384. The number of amides is 1. The van der Waals surface area contributed by atoms with Crippen LogP contribution in [0.4, 0.5) is 5.69 Å². The molecule has 1 unspecified atom stereocenters. The molecule has 7 nitrogen and oxygen atoms in total. The highest BCUT2D eigenvalue weighted by atomic mass is 16.6. The fraction of sp³-hybridized carbons (Fsp3) is 0.333. The summed E-state index contributed by atoms with van der Waals surface area (Å²) in [5.41, 5.74) is 0.0628. The second-order valence-electron chi connectivity index (χ2n) is 3.96. The highest BCUT2D eigenvalue weighted by Gasteiger charge is 2.19. The summed E-state index contributed by atoms with van der Waals surface area (Å²) in [4.78, 5) is 32.6. The molecule has 0 saturated carbocycles. The Morgan fingerprint density at radius 2 is 1.95 bits per heavy atom. The Balaban J connectivity index is 2.76. The van der Waals surface area contributed by atoms with Crippen LogP contribution in [-0.2, 0) is 4.79 Å². The maximum atomic E-state index is 11.8. The van der Waals surface area contributed by atoms with Crippen molar-refractivity contribution in [3.8, 4) is 0 Å². The van der Waals surface area contributed by atoms with Gasteiger partial charge in [0.05, 0.1) is 4.92 Å². The van der Waals surface area contributed by atoms with Gasteiger partial charge < -0.3 is 10.4 Å². The predicted molar refractivity (Wildman–Crippen MR) is 66.9 cm³/mol. The van der Waals surface area contributed by atoms with Crippen molar-refractivity contribution in [2.24, 2.45) is 0 Å². The number of benzene rings is 1. The van der Waals surface area contributed by atoms with Crippen LogP contribution in [0.5, 0.6) is 0 Å². The van der Waals surface area contributed by atoms with E-state index in [0.717, 1.165) is 0 Å². The molecule has 102 valence electrons. The number of carboxylic acid groups (broad SMARTS) is 1. The van der Waals surface area contributed by atoms with Crippen molar-refractivity contribution < 1.29 is 19.6 Å². The lowest BCUT2D eigenvalue weighted by Gasteiger charge is -2.13. The lowest BCUT2D eigenvalue weighted by atomic mass is 10.1. The third kappa shape index (κ3) is 4.06. The number of carboxylic acids is 1. The number of nitro groups is 1. The van der Waals surface area contributed by atoms with Crippen LogP contribution >= 0.6 is 0 Å². The van der Waals surface area contributed by atoms with Crippen LogP contribution in [0.2, 0.25) is 0 Å². The molecule has 1 atom stereocenters. The Labute approximate surface area is 109 Å². The van der Waals surface area contributed by atoms with Gasteiger partial charge in [0.1, 0.15) is 6.04 Å². The minimum atomic E-state index is -1.10. The average Bonchev–Trinajstić information content (AvgIpc) is 2.38. The van der Waals surface area contributed by atoms with E-state index >= 15 is 0 Å². The minimum absolute atomic E-state index is 0.125. The van der Waals surface area contributed by atoms with E-state index in [-0.39, 0.29) is 11.3 Å². The van der Waals surface area contributed by atoms with Gasteiger partial charge in [-0.2, -0.15) is 0 Å². The van der Waals surface area contributed by atoms with E-state index in [2.05, 4.69) is 5.32 Å². The zero-order chi connectivity index (χ0) is 14.4. The Morgan fingerprint density at radius 3 is 2.37 bits per heavy atom. The monoisotopic (exact) mass is 266 g/mol. The van der Waals surface area contributed by atoms with Crippen LogP contribution in [0, 0.1) is 10.1 Å². The number of aliphatic carboxylic acids is 1. The average molecular weight is 266 g/mol. The Hall–Kier alpha value is -2.44. The van der Waals surface area contributed by atoms with Crippen molar-refractivity contribution >= 4 is 17.6 Å². The number of rotatable bonds is 6. The summed E-state index contributed by atoms with van der Waals surface area (Å²) in [6.45, 7) is 1.81. The molecule has 7 heteroatoms. The summed E-state index contributed by atoms with van der Waals surface area (Å²) >= 11 is 0. The molecular formula is C12H14N2O5. The van der Waals surface area contributed by atoms with Crippen molar-refractivity contribution in [3.63, 3.8) is 0 Å². The zero-order valence-electron chi connectivity index (χ0n) is 10.3. The van der Waals surface area contributed by atoms with E-state index in [9.17, 15) is 19.7 Å². The lowest BCUT2D eigenvalue weighted by Crippen LogP contribution is -2.40. The number of carbonyl (C=O) groups is 2. The number of carbonyl (C=O) groups excluding carboxylic acids is 1. The van der Waals surface area contributed by atoms with E-state index in [4.69, 9.17) is 5.11 Å². The second-order valence-corrected chi connectivity index (χ2v) is 3.96. The van der Waals surface area contributed by atoms with Gasteiger partial charge in [-0.15, -0.1) is 0 Å². The van der Waals surface area contributed by atoms with E-state index < -0.39 is 22.8 Å². The first kappa shape index (κ1) is 14.6. The summed E-state index contributed by atoms with van der Waals surface area (Å²) in [6.07, 6.45) is 0.950. The molecule has 0 aliphatic heterocycles. The molecule has 0 bridgehead atoms. The van der Waals surface area contributed by atoms with Gasteiger partial charge in [0.25, 0.3) is 11.6 Å². The summed E-state index contributed by atoms with van der Waals surface area (Å²) in [7, 11) is 0. The molecule has 0 aliphatic carbocycles. The van der Waals surface area contributed by atoms with Gasteiger partial charge in [-0.3, -0.25) is 14.9 Å². The minimum Gasteiger partial charge on any atom is -0.480 e. The number of nitro benzene ring substituents is 1. The molecule has 1 aromatic carbocycles. The highest BCUT2D eigenvalue weighted by molar-refractivity contribution is 5.96. The number of hydrogen-bond acceptors (Lipinski definition) is 4. The summed E-state index contributed by atoms with van der Waals surface area (Å²) in [6, 6.07) is 4.03. The molecular weight excluding hydrogens is 252 g/mol. The molecule has 0 aromatic heterocycles. The smallest absolute Gasteiger partial charge is 0.326 e. The van der Waals surface area contributed by atoms with Gasteiger partial charge in [-0.05, 0) is 18.6 Å². The molecule has 0 radical (unpaired) electrons. The molecule has 0 fully saturated rings. The van der Waals surface area contributed by atoms with Crippen LogP contribution in [0.25, 0.3) is 0 Å². The van der Waals surface area contributed by atoms with Crippen LogP contribution in [0.15, 0.2) is 24.3 Å². The molecule has 1 amide bonds. The number of nitrogens with one attached hydrogen (secondary N) is 1. The summed E-state index contributed by atoms with van der Waals surface area (Å²) in [5.74, 6) is -1.66. The molecule has 1 aromatic rings. The van der Waals surface area contributed by atoms with Crippen molar-refractivity contribution in [1.29, 1.82) is 0 Å². The fourth-order valence-corrected chi connectivity index (χ4v) is 1.52. The largest absolute Gasteiger partial charge is 0.480 e. The Morgan fingerprint density at radius 1 is 1.37 bits per heavy atom. The summed E-state index contributed by atoms with van der Waals surface area (Å²) in [5, 5.41) is 21.7. The van der Waals surface area contributed by atoms with E-state index in [0.29, 0.717) is 12.8 Å². The Bertz CT molecular complexity index is 483. The highest BCUT2D eigenvalue weighted by Crippen LogP contribution is 2.12. The third-order valence-corrected chi connectivity index (χ3v) is 2.52. The predicted octanol–water partition coefficient (Wildman–Crippen LogP) is 1.58. The maximum absolute atomic E-state index is 11.8. The van der Waals surface area contributed by atoms with Crippen molar-refractivity contribution in [2.75, 3.05) is 0 Å². The van der Waals surface area contributed by atoms with Gasteiger partial charge >= 0.3 is 5.97 Å². The number of hydrogen-bond donors (Lipinski definition) is 2. The zero-order valence-corrected chi connectivity index (χ0v) is 10.3. The van der Waals surface area contributed by atoms with Gasteiger partial charge in [-0.25, -0.2) is 4.79 Å². The standard InChI is InChI=1S/C12H14N2O5/c1-2-3-10(12(16)17)13-11(15)8-4-6-9(7-5-8)14(18)19/h4-7,10H,2-3H2,1H3,(H,13,15)(H,16,17). The topological polar surface area (TPSA) is 110 Å². The van der Waals surface area contributed by atoms with Gasteiger partial charge in [0.2, 0.25) is 0 Å². The van der Waals surface area contributed by atoms with Crippen LogP contribution in [0.3, 0.4) is 0 Å². The molecule has 0 aliphatic rings.